The van der Waals surface area contributed by atoms with E-state index in [0.29, 0.717) is 27.1 Å². The van der Waals surface area contributed by atoms with Gasteiger partial charge in [-0.3, -0.25) is 0 Å². The Bertz CT molecular complexity index is 598. The SMILES string of the molecule is Cc1ccc(C(N)=S)c(Oc2ccccc2Cl)c1. The summed E-state index contributed by atoms with van der Waals surface area (Å²) >= 11 is 11.1. The van der Waals surface area contributed by atoms with Crippen LogP contribution in [0.4, 0.5) is 0 Å². The van der Waals surface area contributed by atoms with Gasteiger partial charge in [-0.1, -0.05) is 42.0 Å². The number of hydrogen-bond acceptors (Lipinski definition) is 2. The van der Waals surface area contributed by atoms with Crippen molar-refractivity contribution in [3.63, 3.8) is 0 Å². The molecular formula is C14H12ClNOS. The Kier molecular flexibility index (Phi) is 3.84. The lowest BCUT2D eigenvalue weighted by atomic mass is 10.1. The Morgan fingerprint density at radius 2 is 1.89 bits per heavy atom. The van der Waals surface area contributed by atoms with E-state index in [0.717, 1.165) is 5.56 Å². The van der Waals surface area contributed by atoms with Crippen LogP contribution in [-0.2, 0) is 0 Å². The van der Waals surface area contributed by atoms with Gasteiger partial charge in [0.25, 0.3) is 0 Å². The number of para-hydroxylation sites is 1. The molecule has 0 aliphatic carbocycles. The second-order valence-electron chi connectivity index (χ2n) is 3.90. The van der Waals surface area contributed by atoms with Crippen molar-refractivity contribution in [3.8, 4) is 11.5 Å². The summed E-state index contributed by atoms with van der Waals surface area (Å²) in [6, 6.07) is 13.0. The highest BCUT2D eigenvalue weighted by atomic mass is 35.5. The van der Waals surface area contributed by atoms with E-state index in [-0.39, 0.29) is 0 Å². The van der Waals surface area contributed by atoms with Crippen molar-refractivity contribution in [2.75, 3.05) is 0 Å². The summed E-state index contributed by atoms with van der Waals surface area (Å²) in [4.78, 5) is 0.303. The fourth-order valence-corrected chi connectivity index (χ4v) is 1.91. The maximum absolute atomic E-state index is 6.06. The first-order valence-electron chi connectivity index (χ1n) is 5.41. The minimum absolute atomic E-state index is 0.303. The van der Waals surface area contributed by atoms with Gasteiger partial charge in [-0.15, -0.1) is 0 Å². The van der Waals surface area contributed by atoms with Gasteiger partial charge in [-0.25, -0.2) is 0 Å². The normalized spacial score (nSPS) is 10.1. The lowest BCUT2D eigenvalue weighted by Crippen LogP contribution is -2.10. The molecule has 0 heterocycles. The maximum atomic E-state index is 6.06. The van der Waals surface area contributed by atoms with Gasteiger partial charge in [-0.05, 0) is 36.8 Å². The van der Waals surface area contributed by atoms with Crippen LogP contribution in [0.3, 0.4) is 0 Å². The second-order valence-corrected chi connectivity index (χ2v) is 4.74. The molecule has 2 aromatic rings. The van der Waals surface area contributed by atoms with Crippen LogP contribution < -0.4 is 10.5 Å². The third kappa shape index (κ3) is 2.81. The van der Waals surface area contributed by atoms with Gasteiger partial charge in [0, 0.05) is 0 Å². The van der Waals surface area contributed by atoms with Crippen molar-refractivity contribution in [1.29, 1.82) is 0 Å². The summed E-state index contributed by atoms with van der Waals surface area (Å²) in [7, 11) is 0. The number of halogens is 1. The molecule has 2 N–H and O–H groups in total. The number of nitrogens with two attached hydrogens (primary N) is 1. The molecule has 0 aliphatic heterocycles. The van der Waals surface area contributed by atoms with Gasteiger partial charge >= 0.3 is 0 Å². The highest BCUT2D eigenvalue weighted by Gasteiger charge is 2.09. The van der Waals surface area contributed by atoms with Gasteiger partial charge in [0.15, 0.2) is 0 Å². The zero-order valence-corrected chi connectivity index (χ0v) is 11.4. The van der Waals surface area contributed by atoms with Crippen molar-refractivity contribution in [3.05, 3.63) is 58.6 Å². The Morgan fingerprint density at radius 1 is 1.17 bits per heavy atom. The summed E-state index contributed by atoms with van der Waals surface area (Å²) < 4.78 is 5.78. The van der Waals surface area contributed by atoms with Crippen LogP contribution in [0.5, 0.6) is 11.5 Å². The fraction of sp³-hybridized carbons (Fsp3) is 0.0714. The second kappa shape index (κ2) is 5.38. The lowest BCUT2D eigenvalue weighted by Gasteiger charge is -2.12. The number of aryl methyl sites for hydroxylation is 1. The third-order valence-electron chi connectivity index (χ3n) is 2.46. The van der Waals surface area contributed by atoms with Crippen LogP contribution >= 0.6 is 23.8 Å². The minimum atomic E-state index is 0.303. The molecule has 0 saturated carbocycles. The van der Waals surface area contributed by atoms with Gasteiger partial charge in [0.1, 0.15) is 16.5 Å². The topological polar surface area (TPSA) is 35.2 Å². The number of hydrogen-bond donors (Lipinski definition) is 1. The predicted molar refractivity (Wildman–Crippen MR) is 78.6 cm³/mol. The molecule has 0 saturated heterocycles. The first-order chi connectivity index (χ1) is 8.58. The molecule has 18 heavy (non-hydrogen) atoms. The smallest absolute Gasteiger partial charge is 0.146 e. The first-order valence-corrected chi connectivity index (χ1v) is 6.19. The minimum Gasteiger partial charge on any atom is -0.455 e. The Morgan fingerprint density at radius 3 is 2.56 bits per heavy atom. The molecule has 0 unspecified atom stereocenters. The first kappa shape index (κ1) is 12.9. The van der Waals surface area contributed by atoms with Crippen LogP contribution in [0.15, 0.2) is 42.5 Å². The molecule has 2 rings (SSSR count). The highest BCUT2D eigenvalue weighted by molar-refractivity contribution is 7.80. The maximum Gasteiger partial charge on any atom is 0.146 e. The van der Waals surface area contributed by atoms with Gasteiger partial charge in [-0.2, -0.15) is 0 Å². The van der Waals surface area contributed by atoms with Crippen molar-refractivity contribution in [2.45, 2.75) is 6.92 Å². The molecule has 0 bridgehead atoms. The van der Waals surface area contributed by atoms with Crippen molar-refractivity contribution >= 4 is 28.8 Å². The van der Waals surface area contributed by atoms with Gasteiger partial charge in [0.05, 0.1) is 10.6 Å². The summed E-state index contributed by atoms with van der Waals surface area (Å²) in [5.41, 5.74) is 7.45. The molecule has 2 nitrogen and oxygen atoms in total. The zero-order chi connectivity index (χ0) is 13.1. The van der Waals surface area contributed by atoms with Crippen LogP contribution in [0.25, 0.3) is 0 Å². The molecule has 0 aromatic heterocycles. The molecule has 92 valence electrons. The largest absolute Gasteiger partial charge is 0.455 e. The molecule has 2 aromatic carbocycles. The van der Waals surface area contributed by atoms with E-state index in [1.165, 1.54) is 0 Å². The van der Waals surface area contributed by atoms with E-state index in [9.17, 15) is 0 Å². The molecule has 0 aliphatic rings. The predicted octanol–water partition coefficient (Wildman–Crippen LogP) is 4.07. The van der Waals surface area contributed by atoms with E-state index >= 15 is 0 Å². The van der Waals surface area contributed by atoms with E-state index < -0.39 is 0 Å². The number of ether oxygens (including phenoxy) is 1. The summed E-state index contributed by atoms with van der Waals surface area (Å²) in [5.74, 6) is 1.21. The van der Waals surface area contributed by atoms with Crippen molar-refractivity contribution in [1.82, 2.24) is 0 Å². The molecule has 4 heteroatoms. The summed E-state index contributed by atoms with van der Waals surface area (Å²) in [6.45, 7) is 1.98. The highest BCUT2D eigenvalue weighted by Crippen LogP contribution is 2.31. The Balaban J connectivity index is 2.42. The Hall–Kier alpha value is -1.58. The monoisotopic (exact) mass is 277 g/mol. The fourth-order valence-electron chi connectivity index (χ4n) is 1.56. The Labute approximate surface area is 116 Å². The standard InChI is InChI=1S/C14H12ClNOS/c1-9-6-7-10(14(16)18)13(8-9)17-12-5-3-2-4-11(12)15/h2-8H,1H3,(H2,16,18). The molecular weight excluding hydrogens is 266 g/mol. The van der Waals surface area contributed by atoms with E-state index in [4.69, 9.17) is 34.3 Å². The van der Waals surface area contributed by atoms with Crippen molar-refractivity contribution < 1.29 is 4.74 Å². The quantitative estimate of drug-likeness (QED) is 0.859. The number of thiocarbonyl (C=S) groups is 1. The average molecular weight is 278 g/mol. The van der Waals surface area contributed by atoms with Gasteiger partial charge < -0.3 is 10.5 Å². The molecule has 0 atom stereocenters. The zero-order valence-electron chi connectivity index (χ0n) is 9.81. The van der Waals surface area contributed by atoms with E-state index in [2.05, 4.69) is 0 Å². The average Bonchev–Trinajstić information content (AvgIpc) is 2.32. The number of benzene rings is 2. The molecule has 0 radical (unpaired) electrons. The molecule has 0 spiro atoms. The van der Waals surface area contributed by atoms with Crippen LogP contribution in [0.1, 0.15) is 11.1 Å². The molecule has 0 amide bonds. The lowest BCUT2D eigenvalue weighted by molar-refractivity contribution is 0.481. The van der Waals surface area contributed by atoms with Crippen LogP contribution in [0.2, 0.25) is 5.02 Å². The van der Waals surface area contributed by atoms with Gasteiger partial charge in [0.2, 0.25) is 0 Å². The van der Waals surface area contributed by atoms with E-state index in [1.807, 2.05) is 37.3 Å². The summed E-state index contributed by atoms with van der Waals surface area (Å²) in [5, 5.41) is 0.549. The van der Waals surface area contributed by atoms with E-state index in [1.54, 1.807) is 12.1 Å². The number of rotatable bonds is 3. The van der Waals surface area contributed by atoms with Crippen LogP contribution in [0, 0.1) is 6.92 Å². The van der Waals surface area contributed by atoms with Crippen molar-refractivity contribution in [2.24, 2.45) is 5.73 Å². The summed E-state index contributed by atoms with van der Waals surface area (Å²) in [6.07, 6.45) is 0. The van der Waals surface area contributed by atoms with Crippen LogP contribution in [-0.4, -0.2) is 4.99 Å². The molecule has 0 fully saturated rings. The third-order valence-corrected chi connectivity index (χ3v) is 2.99.